The first kappa shape index (κ1) is 30.0. The lowest BCUT2D eigenvalue weighted by Gasteiger charge is -2.26. The zero-order valence-corrected chi connectivity index (χ0v) is 23.8. The van der Waals surface area contributed by atoms with Crippen LogP contribution in [-0.4, -0.2) is 51.9 Å². The molecule has 1 aliphatic rings. The zero-order chi connectivity index (χ0) is 29.6. The second-order valence-corrected chi connectivity index (χ2v) is 11.7. The number of hydrogen-bond donors (Lipinski definition) is 5. The van der Waals surface area contributed by atoms with Gasteiger partial charge in [0.15, 0.2) is 5.37 Å². The third kappa shape index (κ3) is 8.29. The lowest BCUT2D eigenvalue weighted by Crippen LogP contribution is -2.47. The molecule has 1 aliphatic heterocycles. The molecule has 216 valence electrons. The highest BCUT2D eigenvalue weighted by molar-refractivity contribution is 8.00. The summed E-state index contributed by atoms with van der Waals surface area (Å²) < 4.78 is 14.1. The minimum atomic E-state index is -0.929. The first-order valence-corrected chi connectivity index (χ1v) is 14.1. The first-order chi connectivity index (χ1) is 19.5. The molecule has 0 fully saturated rings. The molecule has 1 atom stereocenters. The zero-order valence-electron chi connectivity index (χ0n) is 22.9. The van der Waals surface area contributed by atoms with E-state index < -0.39 is 22.8 Å². The molecule has 0 bridgehead atoms. The summed E-state index contributed by atoms with van der Waals surface area (Å²) in [6.07, 6.45) is 0.0359. The van der Waals surface area contributed by atoms with E-state index in [4.69, 9.17) is 10.8 Å². The predicted molar refractivity (Wildman–Crippen MR) is 157 cm³/mol. The monoisotopic (exact) mass is 579 g/mol. The van der Waals surface area contributed by atoms with Crippen molar-refractivity contribution in [1.29, 1.82) is 0 Å². The second kappa shape index (κ2) is 13.2. The molecule has 0 radical (unpaired) electrons. The summed E-state index contributed by atoms with van der Waals surface area (Å²) in [4.78, 5) is 40.6. The summed E-state index contributed by atoms with van der Waals surface area (Å²) in [5.74, 6) is -1.06. The Bertz CT molecular complexity index is 1410. The Hall–Kier alpha value is -3.93. The van der Waals surface area contributed by atoms with Gasteiger partial charge in [-0.25, -0.2) is 9.18 Å². The Morgan fingerprint density at radius 1 is 1.12 bits per heavy atom. The third-order valence-corrected chi connectivity index (χ3v) is 7.48. The average Bonchev–Trinajstić information content (AvgIpc) is 3.03. The number of carbonyl (C=O) groups is 3. The van der Waals surface area contributed by atoms with Crippen molar-refractivity contribution in [2.75, 3.05) is 18.5 Å². The number of halogens is 1. The molecule has 3 aromatic rings. The number of aliphatic hydroxyl groups is 1. The molecular weight excluding hydrogens is 545 g/mol. The van der Waals surface area contributed by atoms with Gasteiger partial charge < -0.3 is 31.7 Å². The maximum atomic E-state index is 14.1. The van der Waals surface area contributed by atoms with Crippen LogP contribution in [0, 0.1) is 5.82 Å². The normalized spacial score (nSPS) is 15.1. The highest BCUT2D eigenvalue weighted by Crippen LogP contribution is 2.34. The molecule has 41 heavy (non-hydrogen) atoms. The maximum absolute atomic E-state index is 14.1. The fraction of sp³-hybridized carbons (Fsp3) is 0.300. The van der Waals surface area contributed by atoms with Gasteiger partial charge in [0.05, 0.1) is 12.3 Å². The number of benzene rings is 3. The second-order valence-electron chi connectivity index (χ2n) is 10.5. The standard InChI is InChI=1S/C30H34FN5O4S/c1-30(2,32)16-26(38)35-27-28(39)36(18-21-11-12-22(31)15-25(21)41-27)17-19-7-9-20(10-8-19)23-5-3-4-6-24(23)34-29(40)33-13-14-37/h3-12,15,27,37H,13-14,16-18,32H2,1-2H3,(H,35,38)(H2,33,34,40)/t27-/m1/s1. The van der Waals surface area contributed by atoms with Crippen molar-refractivity contribution in [1.82, 2.24) is 15.5 Å². The van der Waals surface area contributed by atoms with Gasteiger partial charge in [-0.3, -0.25) is 9.59 Å². The van der Waals surface area contributed by atoms with E-state index in [2.05, 4.69) is 16.0 Å². The number of rotatable bonds is 9. The lowest BCUT2D eigenvalue weighted by atomic mass is 10.0. The van der Waals surface area contributed by atoms with Gasteiger partial charge in [-0.15, -0.1) is 0 Å². The van der Waals surface area contributed by atoms with Crippen LogP contribution in [0.1, 0.15) is 31.4 Å². The fourth-order valence-corrected chi connectivity index (χ4v) is 5.58. The van der Waals surface area contributed by atoms with Gasteiger partial charge in [0, 0.05) is 42.1 Å². The van der Waals surface area contributed by atoms with Crippen molar-refractivity contribution in [3.05, 3.63) is 83.7 Å². The lowest BCUT2D eigenvalue weighted by molar-refractivity contribution is -0.135. The Labute approximate surface area is 242 Å². The van der Waals surface area contributed by atoms with Gasteiger partial charge in [0.2, 0.25) is 5.91 Å². The van der Waals surface area contributed by atoms with Crippen LogP contribution in [0.4, 0.5) is 14.9 Å². The molecule has 3 aromatic carbocycles. The van der Waals surface area contributed by atoms with Crippen LogP contribution in [0.25, 0.3) is 11.1 Å². The number of aliphatic hydroxyl groups excluding tert-OH is 1. The summed E-state index contributed by atoms with van der Waals surface area (Å²) in [6, 6.07) is 19.0. The van der Waals surface area contributed by atoms with E-state index in [9.17, 15) is 18.8 Å². The van der Waals surface area contributed by atoms with E-state index in [1.54, 1.807) is 30.9 Å². The molecule has 0 unspecified atom stereocenters. The van der Waals surface area contributed by atoms with Crippen LogP contribution in [0.2, 0.25) is 0 Å². The number of thioether (sulfide) groups is 1. The number of nitrogens with one attached hydrogen (secondary N) is 3. The number of anilines is 1. The Morgan fingerprint density at radius 2 is 1.85 bits per heavy atom. The number of nitrogens with zero attached hydrogens (tertiary/aromatic N) is 1. The number of hydrogen-bond acceptors (Lipinski definition) is 6. The van der Waals surface area contributed by atoms with Crippen molar-refractivity contribution >= 4 is 35.3 Å². The topological polar surface area (TPSA) is 137 Å². The molecule has 4 rings (SSSR count). The van der Waals surface area contributed by atoms with E-state index in [0.29, 0.717) is 10.6 Å². The molecular formula is C30H34FN5O4S. The number of nitrogens with two attached hydrogens (primary N) is 1. The average molecular weight is 580 g/mol. The van der Waals surface area contributed by atoms with E-state index in [1.165, 1.54) is 12.1 Å². The van der Waals surface area contributed by atoms with Crippen molar-refractivity contribution in [2.45, 2.75) is 49.2 Å². The number of fused-ring (bicyclic) bond motifs is 1. The molecule has 0 aromatic heterocycles. The molecule has 4 amide bonds. The summed E-state index contributed by atoms with van der Waals surface area (Å²) in [6.45, 7) is 3.98. The van der Waals surface area contributed by atoms with Crippen molar-refractivity contribution in [2.24, 2.45) is 5.73 Å². The number of urea groups is 1. The van der Waals surface area contributed by atoms with Crippen molar-refractivity contribution in [3.63, 3.8) is 0 Å². The molecule has 0 saturated heterocycles. The van der Waals surface area contributed by atoms with Gasteiger partial charge in [-0.2, -0.15) is 0 Å². The Morgan fingerprint density at radius 3 is 2.56 bits per heavy atom. The number of para-hydroxylation sites is 1. The van der Waals surface area contributed by atoms with Crippen molar-refractivity contribution in [3.8, 4) is 11.1 Å². The summed E-state index contributed by atoms with van der Waals surface area (Å²) in [5.41, 5.74) is 9.17. The molecule has 6 N–H and O–H groups in total. The maximum Gasteiger partial charge on any atom is 0.319 e. The minimum Gasteiger partial charge on any atom is -0.395 e. The molecule has 0 aliphatic carbocycles. The quantitative estimate of drug-likeness (QED) is 0.262. The van der Waals surface area contributed by atoms with Crippen molar-refractivity contribution < 1.29 is 23.9 Å². The Kier molecular flexibility index (Phi) is 9.64. The van der Waals surface area contributed by atoms with Crippen LogP contribution < -0.4 is 21.7 Å². The van der Waals surface area contributed by atoms with Gasteiger partial charge in [0.25, 0.3) is 5.91 Å². The predicted octanol–water partition coefficient (Wildman–Crippen LogP) is 3.81. The molecule has 9 nitrogen and oxygen atoms in total. The Balaban J connectivity index is 1.54. The molecule has 1 heterocycles. The highest BCUT2D eigenvalue weighted by atomic mass is 32.2. The van der Waals surface area contributed by atoms with E-state index in [0.717, 1.165) is 34.0 Å². The summed E-state index contributed by atoms with van der Waals surface area (Å²) in [7, 11) is 0. The first-order valence-electron chi connectivity index (χ1n) is 13.2. The smallest absolute Gasteiger partial charge is 0.319 e. The van der Waals surface area contributed by atoms with E-state index in [-0.39, 0.29) is 44.5 Å². The molecule has 0 spiro atoms. The van der Waals surface area contributed by atoms with Gasteiger partial charge in [0.1, 0.15) is 5.82 Å². The minimum absolute atomic E-state index is 0.0359. The highest BCUT2D eigenvalue weighted by Gasteiger charge is 2.32. The van der Waals surface area contributed by atoms with Gasteiger partial charge >= 0.3 is 6.03 Å². The fourth-order valence-electron chi connectivity index (χ4n) is 4.42. The van der Waals surface area contributed by atoms with Crippen LogP contribution in [0.15, 0.2) is 71.6 Å². The number of carbonyl (C=O) groups excluding carboxylic acids is 3. The summed E-state index contributed by atoms with van der Waals surface area (Å²) in [5, 5.41) is 16.2. The van der Waals surface area contributed by atoms with Crippen LogP contribution in [0.5, 0.6) is 0 Å². The molecule has 11 heteroatoms. The van der Waals surface area contributed by atoms with E-state index >= 15 is 0 Å². The SMILES string of the molecule is CC(C)(N)CC(=O)N[C@@H]1Sc2cc(F)ccc2CN(Cc2ccc(-c3ccccc3NC(=O)NCCO)cc2)C1=O. The summed E-state index contributed by atoms with van der Waals surface area (Å²) >= 11 is 1.12. The van der Waals surface area contributed by atoms with Crippen LogP contribution in [0.3, 0.4) is 0 Å². The largest absolute Gasteiger partial charge is 0.395 e. The number of amides is 4. The van der Waals surface area contributed by atoms with E-state index in [1.807, 2.05) is 42.5 Å². The van der Waals surface area contributed by atoms with Gasteiger partial charge in [-0.05, 0) is 48.7 Å². The van der Waals surface area contributed by atoms with Crippen LogP contribution >= 0.6 is 11.8 Å². The molecule has 0 saturated carbocycles. The van der Waals surface area contributed by atoms with Crippen LogP contribution in [-0.2, 0) is 22.7 Å². The third-order valence-electron chi connectivity index (χ3n) is 6.29. The van der Waals surface area contributed by atoms with Gasteiger partial charge in [-0.1, -0.05) is 60.3 Å².